The predicted molar refractivity (Wildman–Crippen MR) is 337 cm³/mol. The fourth-order valence-corrected chi connectivity index (χ4v) is 17.2. The van der Waals surface area contributed by atoms with Crippen LogP contribution in [-0.2, 0) is 97.3 Å². The van der Waals surface area contributed by atoms with E-state index < -0.39 is 106 Å². The topological polar surface area (TPSA) is 423 Å². The molecule has 0 unspecified atom stereocenters. The quantitative estimate of drug-likeness (QED) is 0.0162. The Morgan fingerprint density at radius 1 is 0.402 bits per heavy atom. The Balaban J connectivity index is 0.00000172. The first-order valence-electron chi connectivity index (χ1n) is 31.5. The van der Waals surface area contributed by atoms with Crippen molar-refractivity contribution in [3.05, 3.63) is 0 Å². The molecule has 2 aliphatic heterocycles. The third kappa shape index (κ3) is 41.7. The number of nitrogens with zero attached hydrogens (tertiary/aromatic N) is 6. The summed E-state index contributed by atoms with van der Waals surface area (Å²) < 4.78 is 60.8. The summed E-state index contributed by atoms with van der Waals surface area (Å²) in [5.74, 6) is -7.85. The molecule has 0 aromatic heterocycles. The van der Waals surface area contributed by atoms with Crippen LogP contribution in [0.25, 0.3) is 0 Å². The minimum Gasteiger partial charge on any atom is -0.480 e. The lowest BCUT2D eigenvalue weighted by Crippen LogP contribution is -2.49. The third-order valence-corrected chi connectivity index (χ3v) is 22.3. The molecule has 2 heterocycles. The van der Waals surface area contributed by atoms with Crippen LogP contribution in [0.4, 0.5) is 0 Å². The van der Waals surface area contributed by atoms with Crippen molar-refractivity contribution in [3.63, 3.8) is 0 Å². The summed E-state index contributed by atoms with van der Waals surface area (Å²) in [6.45, 7) is 22.0. The van der Waals surface area contributed by atoms with Crippen molar-refractivity contribution in [2.24, 2.45) is 5.73 Å². The molecule has 534 valence electrons. The first kappa shape index (κ1) is 87.1. The molecule has 0 aromatic rings. The van der Waals surface area contributed by atoms with Crippen LogP contribution in [0.3, 0.4) is 0 Å². The zero-order chi connectivity index (χ0) is 69.4. The van der Waals surface area contributed by atoms with Gasteiger partial charge in [-0.1, -0.05) is 0 Å². The van der Waals surface area contributed by atoms with Crippen molar-refractivity contribution in [1.29, 1.82) is 0 Å². The number of carboxylic acid groups (broad SMARTS) is 4. The number of carboxylic acids is 4. The van der Waals surface area contributed by atoms with Crippen molar-refractivity contribution >= 4 is 86.0 Å². The molecule has 2 amide bonds. The summed E-state index contributed by atoms with van der Waals surface area (Å²) in [4.78, 5) is 125. The van der Waals surface area contributed by atoms with Gasteiger partial charge < -0.3 is 86.1 Å². The number of amides is 2. The molecular weight excluding hydrogens is 1270 g/mol. The smallest absolute Gasteiger partial charge is 0.480 e. The zero-order valence-electron chi connectivity index (χ0n) is 55.6. The molecule has 34 nitrogen and oxygen atoms in total. The molecule has 0 bridgehead atoms. The summed E-state index contributed by atoms with van der Waals surface area (Å²) in [7, 11) is -8.16. The van der Waals surface area contributed by atoms with E-state index in [4.69, 9.17) is 50.7 Å². The van der Waals surface area contributed by atoms with Crippen LogP contribution in [0.15, 0.2) is 0 Å². The van der Waals surface area contributed by atoms with Crippen molar-refractivity contribution in [3.8, 4) is 0 Å². The maximum absolute atomic E-state index is 12.8. The molecule has 0 spiro atoms. The van der Waals surface area contributed by atoms with Gasteiger partial charge in [0.05, 0.1) is 65.4 Å². The van der Waals surface area contributed by atoms with Crippen molar-refractivity contribution in [1.82, 2.24) is 40.0 Å². The summed E-state index contributed by atoms with van der Waals surface area (Å²) in [6, 6.07) is 1.80. The first-order valence-corrected chi connectivity index (χ1v) is 37.3. The summed E-state index contributed by atoms with van der Waals surface area (Å²) in [5.41, 5.74) is 5.48. The fourth-order valence-electron chi connectivity index (χ4n) is 9.31. The van der Waals surface area contributed by atoms with Gasteiger partial charge in [0.15, 0.2) is 0 Å². The molecule has 92 heavy (non-hydrogen) atoms. The van der Waals surface area contributed by atoms with E-state index in [1.54, 1.807) is 14.7 Å². The van der Waals surface area contributed by atoms with E-state index in [0.29, 0.717) is 117 Å². The standard InChI is InChI=1S/C32H65N5O14Si2.C14H19N3O8.C9H23NO3Si/c1-7-46-52(47-8-2,48-9-3)21-13-15-33-28(38)23-36(26-31(42)43)19-17-35(25-30(40)41)18-20-37(27-32(44)45)24-29(39)34-16-14-22-53(49-10-4,50-11-5)51-12-6;18-10(19)5-15(1-3-16-6-11(20)24-12(21)7-16)2-4-17-8-13(22)25-14(23)9-17;1-4-11-14(12-5-2,13-6-3)9-7-8-10/h7-27H2,1-6H3,(H,33,38)(H,34,39)(H,40,41)(H,42,43)(H,44,45);1-9H2,(H,18,19);4-10H2,1-3H3. The summed E-state index contributed by atoms with van der Waals surface area (Å²) in [6.07, 6.45) is 1.94. The largest absolute Gasteiger partial charge is 0.500 e. The second-order valence-corrected chi connectivity index (χ2v) is 28.6. The number of hydrogen-bond acceptors (Lipinski definition) is 28. The Morgan fingerprint density at radius 3 is 0.891 bits per heavy atom. The highest BCUT2D eigenvalue weighted by Gasteiger charge is 2.42. The number of aliphatic carboxylic acids is 4. The Bertz CT molecular complexity index is 1970. The van der Waals surface area contributed by atoms with Gasteiger partial charge in [-0.15, -0.1) is 0 Å². The van der Waals surface area contributed by atoms with E-state index in [-0.39, 0.29) is 85.1 Å². The highest BCUT2D eigenvalue weighted by atomic mass is 28.4. The van der Waals surface area contributed by atoms with E-state index in [9.17, 15) is 63.3 Å². The number of nitrogens with one attached hydrogen (secondary N) is 2. The first-order chi connectivity index (χ1) is 43.8. The maximum atomic E-state index is 12.8. The van der Waals surface area contributed by atoms with Crippen LogP contribution in [-0.4, -0.2) is 333 Å². The Labute approximate surface area is 544 Å². The second kappa shape index (κ2) is 51.4. The van der Waals surface area contributed by atoms with Crippen LogP contribution in [0.2, 0.25) is 18.1 Å². The van der Waals surface area contributed by atoms with Gasteiger partial charge in [-0.3, -0.25) is 77.3 Å². The monoisotopic (exact) mass is 1380 g/mol. The highest BCUT2D eigenvalue weighted by Crippen LogP contribution is 2.20. The van der Waals surface area contributed by atoms with Gasteiger partial charge in [-0.25, -0.2) is 0 Å². The van der Waals surface area contributed by atoms with Gasteiger partial charge in [0, 0.05) is 143 Å². The number of hydrogen-bond donors (Lipinski definition) is 7. The minimum atomic E-state index is -2.88. The van der Waals surface area contributed by atoms with E-state index >= 15 is 0 Å². The normalized spacial score (nSPS) is 14.2. The minimum absolute atomic E-state index is 0.0287. The molecule has 2 aliphatic rings. The van der Waals surface area contributed by atoms with E-state index in [0.717, 1.165) is 12.5 Å². The third-order valence-electron chi connectivity index (χ3n) is 12.9. The van der Waals surface area contributed by atoms with Gasteiger partial charge in [0.25, 0.3) is 0 Å². The number of esters is 4. The van der Waals surface area contributed by atoms with Crippen LogP contribution in [0.5, 0.6) is 0 Å². The highest BCUT2D eigenvalue weighted by molar-refractivity contribution is 6.61. The lowest BCUT2D eigenvalue weighted by molar-refractivity contribution is -0.168. The molecule has 2 rings (SSSR count). The van der Waals surface area contributed by atoms with Gasteiger partial charge in [-0.05, 0) is 88.1 Å². The average molecular weight is 1380 g/mol. The molecule has 2 fully saturated rings. The fraction of sp³-hybridized carbons (Fsp3) is 0.818. The lowest BCUT2D eigenvalue weighted by atomic mass is 10.3. The van der Waals surface area contributed by atoms with Gasteiger partial charge >= 0.3 is 74.2 Å². The zero-order valence-corrected chi connectivity index (χ0v) is 58.6. The Morgan fingerprint density at radius 2 is 0.641 bits per heavy atom. The maximum Gasteiger partial charge on any atom is 0.500 e. The van der Waals surface area contributed by atoms with E-state index in [1.807, 2.05) is 62.3 Å². The molecule has 0 aromatic carbocycles. The second-order valence-electron chi connectivity index (χ2n) is 20.4. The number of rotatable bonds is 53. The lowest BCUT2D eigenvalue weighted by Gasteiger charge is -2.30. The molecule has 2 saturated heterocycles. The SMILES string of the molecule is CCO[Si](CCCN)(OCC)OCC.CCO[Si](CCCNC(=O)CN(CCN(CCN(CC(=O)O)CC(=O)NCCC[Si](OCC)(OCC)OCC)CC(=O)O)CC(=O)O)(OCC)OCC.O=C(O)CN(CCN1CC(=O)OC(=O)C1)CCN1CC(=O)OC(=O)C1. The molecule has 0 atom stereocenters. The number of cyclic esters (lactones) is 4. The molecular formula is C55H107N9O25Si3. The Kier molecular flexibility index (Phi) is 48.7. The molecule has 0 radical (unpaired) electrons. The van der Waals surface area contributed by atoms with Crippen LogP contribution >= 0.6 is 0 Å². The Hall–Kier alpha value is -4.89. The average Bonchev–Trinajstić information content (AvgIpc) is 1.80. The molecule has 8 N–H and O–H groups in total. The van der Waals surface area contributed by atoms with E-state index in [1.165, 1.54) is 14.7 Å². The number of ether oxygens (including phenoxy) is 2. The van der Waals surface area contributed by atoms with Crippen molar-refractivity contribution in [2.45, 2.75) is 99.7 Å². The van der Waals surface area contributed by atoms with E-state index in [2.05, 4.69) is 20.1 Å². The number of nitrogens with two attached hydrogens (primary N) is 1. The van der Waals surface area contributed by atoms with Gasteiger partial charge in [0.1, 0.15) is 0 Å². The van der Waals surface area contributed by atoms with Crippen LogP contribution in [0, 0.1) is 0 Å². The van der Waals surface area contributed by atoms with Crippen molar-refractivity contribution in [2.75, 3.05) is 197 Å². The molecule has 0 saturated carbocycles. The number of morpholine rings is 2. The molecule has 37 heteroatoms. The van der Waals surface area contributed by atoms with Crippen molar-refractivity contribution < 1.29 is 118 Å². The number of carbonyl (C=O) groups is 10. The molecule has 0 aliphatic carbocycles. The predicted octanol–water partition coefficient (Wildman–Crippen LogP) is -1.22. The number of carbonyl (C=O) groups excluding carboxylic acids is 6. The van der Waals surface area contributed by atoms with Crippen LogP contribution in [0.1, 0.15) is 81.6 Å². The summed E-state index contributed by atoms with van der Waals surface area (Å²) >= 11 is 0. The van der Waals surface area contributed by atoms with Gasteiger partial charge in [0.2, 0.25) is 11.8 Å². The van der Waals surface area contributed by atoms with Gasteiger partial charge in [-0.2, -0.15) is 0 Å². The van der Waals surface area contributed by atoms with Crippen LogP contribution < -0.4 is 16.4 Å². The summed E-state index contributed by atoms with van der Waals surface area (Å²) in [5, 5.41) is 43.0.